The van der Waals surface area contributed by atoms with E-state index in [4.69, 9.17) is 9.47 Å². The van der Waals surface area contributed by atoms with E-state index in [2.05, 4.69) is 29.2 Å². The van der Waals surface area contributed by atoms with Gasteiger partial charge < -0.3 is 14.4 Å². The van der Waals surface area contributed by atoms with Crippen molar-refractivity contribution in [1.29, 1.82) is 0 Å². The van der Waals surface area contributed by atoms with Crippen molar-refractivity contribution in [3.63, 3.8) is 0 Å². The molecule has 0 atom stereocenters. The Hall–Kier alpha value is -7.64. The second kappa shape index (κ2) is 24.3. The maximum absolute atomic E-state index is 12.8. The predicted molar refractivity (Wildman–Crippen MR) is 262 cm³/mol. The highest BCUT2D eigenvalue weighted by Gasteiger charge is 2.25. The molecule has 0 unspecified atom stereocenters. The van der Waals surface area contributed by atoms with Crippen LogP contribution in [0.3, 0.4) is 0 Å². The van der Waals surface area contributed by atoms with E-state index < -0.39 is 11.6 Å². The molecule has 2 aliphatic heterocycles. The summed E-state index contributed by atoms with van der Waals surface area (Å²) in [5.41, 5.74) is 8.75. The number of hydrogen-bond acceptors (Lipinski definition) is 5. The molecular weight excluding hydrogens is 813 g/mol. The Balaban J connectivity index is 0.000000187. The minimum absolute atomic E-state index is 0.0272. The number of para-hydroxylation sites is 6. The fourth-order valence-electron chi connectivity index (χ4n) is 6.81. The Morgan fingerprint density at radius 3 is 1.11 bits per heavy atom. The topological polar surface area (TPSA) is 55.8 Å². The van der Waals surface area contributed by atoms with Gasteiger partial charge in [0.15, 0.2) is 23.1 Å². The molecule has 0 fully saturated rings. The highest BCUT2D eigenvalue weighted by molar-refractivity contribution is 6.09. The van der Waals surface area contributed by atoms with Gasteiger partial charge in [0.1, 0.15) is 23.1 Å². The van der Waals surface area contributed by atoms with Gasteiger partial charge in [0.05, 0.1) is 11.4 Å². The van der Waals surface area contributed by atoms with Crippen LogP contribution in [0.4, 0.5) is 25.8 Å². The van der Waals surface area contributed by atoms with Gasteiger partial charge in [0.2, 0.25) is 0 Å². The summed E-state index contributed by atoms with van der Waals surface area (Å²) in [6, 6.07) is 58.2. The molecule has 0 saturated carbocycles. The van der Waals surface area contributed by atoms with E-state index in [0.717, 1.165) is 52.0 Å². The van der Waals surface area contributed by atoms with E-state index in [9.17, 15) is 18.4 Å². The monoisotopic (exact) mass is 867 g/mol. The van der Waals surface area contributed by atoms with Crippen LogP contribution in [-0.2, 0) is 6.42 Å². The molecule has 2 heterocycles. The minimum atomic E-state index is -0.393. The first-order chi connectivity index (χ1) is 31.8. The number of hydrogen-bond donors (Lipinski definition) is 0. The Labute approximate surface area is 382 Å². The first kappa shape index (κ1) is 48.4. The molecule has 8 aromatic rings. The predicted octanol–water partition coefficient (Wildman–Crippen LogP) is 16.5. The maximum atomic E-state index is 12.8. The van der Waals surface area contributed by atoms with Crippen LogP contribution >= 0.6 is 0 Å². The molecule has 0 N–H and O–H groups in total. The lowest BCUT2D eigenvalue weighted by molar-refractivity contribution is 0.103. The van der Waals surface area contributed by atoms with E-state index in [-0.39, 0.29) is 11.6 Å². The third-order valence-electron chi connectivity index (χ3n) is 9.89. The van der Waals surface area contributed by atoms with E-state index in [1.54, 1.807) is 0 Å². The summed E-state index contributed by atoms with van der Waals surface area (Å²) >= 11 is 0. The number of rotatable bonds is 5. The number of carbonyl (C=O) groups is 2. The fourth-order valence-corrected chi connectivity index (χ4v) is 6.81. The lowest BCUT2D eigenvalue weighted by atomic mass is 10.0. The van der Waals surface area contributed by atoms with Crippen molar-refractivity contribution in [3.05, 3.63) is 245 Å². The number of ketones is 2. The van der Waals surface area contributed by atoms with E-state index >= 15 is 0 Å². The van der Waals surface area contributed by atoms with Gasteiger partial charge in [-0.05, 0) is 127 Å². The van der Waals surface area contributed by atoms with Gasteiger partial charge >= 0.3 is 0 Å². The molecular formula is C58H55F2NO4. The Morgan fingerprint density at radius 1 is 0.400 bits per heavy atom. The molecule has 10 rings (SSSR count). The van der Waals surface area contributed by atoms with Crippen molar-refractivity contribution in [3.8, 4) is 23.0 Å². The first-order valence-corrected chi connectivity index (χ1v) is 22.1. The van der Waals surface area contributed by atoms with E-state index in [1.165, 1.54) is 59.7 Å². The van der Waals surface area contributed by atoms with Crippen LogP contribution in [0.1, 0.15) is 90.1 Å². The second-order valence-corrected chi connectivity index (χ2v) is 14.0. The lowest BCUT2D eigenvalue weighted by Gasteiger charge is -2.32. The van der Waals surface area contributed by atoms with Gasteiger partial charge in [-0.2, -0.15) is 0 Å². The Bertz CT molecular complexity index is 2570. The zero-order valence-corrected chi connectivity index (χ0v) is 38.0. The molecule has 0 spiro atoms. The summed E-state index contributed by atoms with van der Waals surface area (Å²) in [4.78, 5) is 26.8. The number of fused-ring (bicyclic) bond motifs is 4. The molecule has 8 aromatic carbocycles. The number of carbonyl (C=O) groups excluding carboxylic acids is 2. The summed E-state index contributed by atoms with van der Waals surface area (Å²) in [6.07, 6.45) is 0.979. The van der Waals surface area contributed by atoms with Gasteiger partial charge in [-0.25, -0.2) is 8.78 Å². The van der Waals surface area contributed by atoms with Crippen molar-refractivity contribution in [2.24, 2.45) is 0 Å². The maximum Gasteiger partial charge on any atom is 0.193 e. The molecule has 5 nitrogen and oxygen atoms in total. The third-order valence-corrected chi connectivity index (χ3v) is 9.89. The summed E-state index contributed by atoms with van der Waals surface area (Å²) in [5, 5.41) is 0. The first-order valence-electron chi connectivity index (χ1n) is 22.1. The van der Waals surface area contributed by atoms with Crippen molar-refractivity contribution in [2.45, 2.75) is 54.9 Å². The average molecular weight is 868 g/mol. The SMILES string of the molecule is CC.CC.CC.Cc1ccc(C(=O)c2ccc(N3c4ccccc4Oc4ccccc43)cc2)cc1.O=C(c1ccc(F)cc1)c1ccc(F)cc1.c1ccc2c(c1)Cc1ccccc1O2. The van der Waals surface area contributed by atoms with Crippen LogP contribution in [0.2, 0.25) is 0 Å². The Kier molecular flexibility index (Phi) is 18.1. The van der Waals surface area contributed by atoms with Crippen LogP contribution in [0.25, 0.3) is 0 Å². The highest BCUT2D eigenvalue weighted by Crippen LogP contribution is 2.50. The molecule has 0 amide bonds. The summed E-state index contributed by atoms with van der Waals surface area (Å²) < 4.78 is 37.1. The molecule has 0 aromatic heterocycles. The van der Waals surface area contributed by atoms with Crippen LogP contribution in [0.5, 0.6) is 23.0 Å². The van der Waals surface area contributed by atoms with E-state index in [1.807, 2.05) is 170 Å². The zero-order valence-electron chi connectivity index (χ0n) is 38.0. The number of benzene rings is 8. The molecule has 65 heavy (non-hydrogen) atoms. The molecule has 0 aliphatic carbocycles. The minimum Gasteiger partial charge on any atom is -0.457 e. The van der Waals surface area contributed by atoms with Crippen molar-refractivity contribution in [2.75, 3.05) is 4.90 Å². The molecule has 330 valence electrons. The molecule has 0 radical (unpaired) electrons. The number of ether oxygens (including phenoxy) is 2. The highest BCUT2D eigenvalue weighted by atomic mass is 19.1. The van der Waals surface area contributed by atoms with Gasteiger partial charge in [0.25, 0.3) is 0 Å². The molecule has 0 bridgehead atoms. The van der Waals surface area contributed by atoms with Gasteiger partial charge in [0, 0.05) is 34.4 Å². The lowest BCUT2D eigenvalue weighted by Crippen LogP contribution is -2.15. The average Bonchev–Trinajstić information content (AvgIpc) is 3.37. The zero-order chi connectivity index (χ0) is 46.7. The summed E-state index contributed by atoms with van der Waals surface area (Å²) in [7, 11) is 0. The van der Waals surface area contributed by atoms with Crippen molar-refractivity contribution < 1.29 is 27.8 Å². The van der Waals surface area contributed by atoms with Crippen molar-refractivity contribution >= 4 is 28.6 Å². The number of halogens is 2. The standard InChI is InChI=1S/C26H19NO2.C13H8F2O.C13H10O.3C2H6/c1-18-10-12-19(13-11-18)26(28)20-14-16-21(17-15-20)27-22-6-2-4-8-24(22)29-25-9-5-3-7-23(25)27;14-11-5-1-9(2-6-11)13(16)10-3-7-12(15)8-4-10;1-3-7-12-10(5-1)9-11-6-2-4-8-13(11)14-12;3*1-2/h2-17H,1H3;1-8H;1-8H,9H2;3*1-2H3. The quantitative estimate of drug-likeness (QED) is 0.161. The number of aryl methyl sites for hydroxylation is 1. The number of anilines is 3. The largest absolute Gasteiger partial charge is 0.457 e. The normalized spacial score (nSPS) is 10.8. The van der Waals surface area contributed by atoms with Gasteiger partial charge in [-0.3, -0.25) is 9.59 Å². The smallest absolute Gasteiger partial charge is 0.193 e. The fraction of sp³-hybridized carbons (Fsp3) is 0.138. The summed E-state index contributed by atoms with van der Waals surface area (Å²) in [5.74, 6) is 2.60. The van der Waals surface area contributed by atoms with Gasteiger partial charge in [-0.1, -0.05) is 132 Å². The number of nitrogens with zero attached hydrogens (tertiary/aromatic N) is 1. The molecule has 2 aliphatic rings. The summed E-state index contributed by atoms with van der Waals surface area (Å²) in [6.45, 7) is 14.0. The van der Waals surface area contributed by atoms with Crippen LogP contribution in [0, 0.1) is 18.6 Å². The third kappa shape index (κ3) is 12.3. The molecule has 7 heteroatoms. The second-order valence-electron chi connectivity index (χ2n) is 14.0. The van der Waals surface area contributed by atoms with Crippen LogP contribution < -0.4 is 14.4 Å². The van der Waals surface area contributed by atoms with Crippen LogP contribution in [0.15, 0.2) is 194 Å². The molecule has 0 saturated heterocycles. The van der Waals surface area contributed by atoms with Crippen LogP contribution in [-0.4, -0.2) is 11.6 Å². The Morgan fingerprint density at radius 2 is 0.708 bits per heavy atom. The van der Waals surface area contributed by atoms with Crippen molar-refractivity contribution in [1.82, 2.24) is 0 Å². The van der Waals surface area contributed by atoms with E-state index in [0.29, 0.717) is 22.3 Å². The van der Waals surface area contributed by atoms with Gasteiger partial charge in [-0.15, -0.1) is 0 Å².